The van der Waals surface area contributed by atoms with Crippen LogP contribution in [0.2, 0.25) is 10.0 Å². The van der Waals surface area contributed by atoms with Gasteiger partial charge in [-0.15, -0.1) is 0 Å². The molecule has 0 heterocycles. The number of rotatable bonds is 3. The van der Waals surface area contributed by atoms with E-state index in [0.717, 1.165) is 0 Å². The number of anilines is 1. The molecule has 0 aliphatic carbocycles. The van der Waals surface area contributed by atoms with Crippen molar-refractivity contribution < 1.29 is 8.42 Å². The molecule has 0 atom stereocenters. The van der Waals surface area contributed by atoms with Gasteiger partial charge in [0, 0.05) is 14.0 Å². The molecule has 2 aromatic rings. The van der Waals surface area contributed by atoms with Crippen molar-refractivity contribution in [1.29, 1.82) is 0 Å². The molecule has 0 spiro atoms. The van der Waals surface area contributed by atoms with Gasteiger partial charge in [-0.2, -0.15) is 0 Å². The first-order chi connectivity index (χ1) is 9.29. The Kier molecular flexibility index (Phi) is 5.02. The van der Waals surface area contributed by atoms with Gasteiger partial charge < -0.3 is 0 Å². The molecule has 20 heavy (non-hydrogen) atoms. The number of hydrogen-bond donors (Lipinski definition) is 1. The summed E-state index contributed by atoms with van der Waals surface area (Å²) in [6.45, 7) is 0. The third kappa shape index (κ3) is 3.68. The van der Waals surface area contributed by atoms with Crippen LogP contribution < -0.4 is 4.72 Å². The molecule has 0 aromatic heterocycles. The number of nitrogens with one attached hydrogen (secondary N) is 1. The molecule has 0 bridgehead atoms. The summed E-state index contributed by atoms with van der Waals surface area (Å²) in [5.74, 6) is 0. The van der Waals surface area contributed by atoms with Crippen LogP contribution in [0.15, 0.2) is 50.2 Å². The SMILES string of the molecule is O=S(=O)(Nc1ccc(Cl)cc1Cl)c1cc(Br)ccc1Br. The molecular weight excluding hydrogens is 453 g/mol. The Labute approximate surface area is 143 Å². The molecule has 8 heteroatoms. The second-order valence-electron chi connectivity index (χ2n) is 3.80. The van der Waals surface area contributed by atoms with E-state index in [4.69, 9.17) is 23.2 Å². The molecule has 0 radical (unpaired) electrons. The van der Waals surface area contributed by atoms with E-state index in [0.29, 0.717) is 14.0 Å². The highest BCUT2D eigenvalue weighted by Gasteiger charge is 2.19. The Morgan fingerprint density at radius 1 is 1.00 bits per heavy atom. The lowest BCUT2D eigenvalue weighted by Gasteiger charge is -2.11. The smallest absolute Gasteiger partial charge is 0.263 e. The van der Waals surface area contributed by atoms with Gasteiger partial charge in [0.1, 0.15) is 4.90 Å². The topological polar surface area (TPSA) is 46.2 Å². The third-order valence-corrected chi connectivity index (χ3v) is 5.76. The van der Waals surface area contributed by atoms with Crippen molar-refractivity contribution in [3.05, 3.63) is 55.4 Å². The number of hydrogen-bond acceptors (Lipinski definition) is 2. The van der Waals surface area contributed by atoms with Crippen LogP contribution >= 0.6 is 55.1 Å². The van der Waals surface area contributed by atoms with E-state index < -0.39 is 10.0 Å². The van der Waals surface area contributed by atoms with Crippen LogP contribution in [0, 0.1) is 0 Å². The number of halogens is 4. The quantitative estimate of drug-likeness (QED) is 0.675. The third-order valence-electron chi connectivity index (χ3n) is 2.36. The first-order valence-electron chi connectivity index (χ1n) is 5.22. The molecule has 0 unspecified atom stereocenters. The maximum Gasteiger partial charge on any atom is 0.263 e. The second-order valence-corrected chi connectivity index (χ2v) is 8.07. The summed E-state index contributed by atoms with van der Waals surface area (Å²) in [5.41, 5.74) is 0.267. The van der Waals surface area contributed by atoms with E-state index in [1.165, 1.54) is 18.2 Å². The van der Waals surface area contributed by atoms with Gasteiger partial charge >= 0.3 is 0 Å². The van der Waals surface area contributed by atoms with E-state index in [1.54, 1.807) is 18.2 Å². The van der Waals surface area contributed by atoms with Gasteiger partial charge in [-0.3, -0.25) is 4.72 Å². The van der Waals surface area contributed by atoms with Crippen LogP contribution in [-0.2, 0) is 10.0 Å². The first kappa shape index (κ1) is 16.1. The van der Waals surface area contributed by atoms with Crippen LogP contribution in [0.25, 0.3) is 0 Å². The normalized spacial score (nSPS) is 11.4. The van der Waals surface area contributed by atoms with E-state index >= 15 is 0 Å². The van der Waals surface area contributed by atoms with Gasteiger partial charge in [-0.05, 0) is 52.3 Å². The molecule has 0 aliphatic rings. The van der Waals surface area contributed by atoms with E-state index in [1.807, 2.05) is 0 Å². The van der Waals surface area contributed by atoms with Gasteiger partial charge in [0.05, 0.1) is 10.7 Å². The van der Waals surface area contributed by atoms with Gasteiger partial charge in [-0.1, -0.05) is 39.1 Å². The second kappa shape index (κ2) is 6.23. The summed E-state index contributed by atoms with van der Waals surface area (Å²) in [7, 11) is -3.76. The monoisotopic (exact) mass is 457 g/mol. The predicted octanol–water partition coefficient (Wildman–Crippen LogP) is 5.32. The number of benzene rings is 2. The van der Waals surface area contributed by atoms with Gasteiger partial charge in [-0.25, -0.2) is 8.42 Å². The molecule has 3 nitrogen and oxygen atoms in total. The van der Waals surface area contributed by atoms with Crippen molar-refractivity contribution in [2.45, 2.75) is 4.90 Å². The molecule has 2 aromatic carbocycles. The van der Waals surface area contributed by atoms with Crippen LogP contribution in [-0.4, -0.2) is 8.42 Å². The Bertz CT molecular complexity index is 766. The summed E-state index contributed by atoms with van der Waals surface area (Å²) in [5, 5.41) is 0.661. The largest absolute Gasteiger partial charge is 0.278 e. The van der Waals surface area contributed by atoms with E-state index in [2.05, 4.69) is 36.6 Å². The Balaban J connectivity index is 2.43. The fraction of sp³-hybridized carbons (Fsp3) is 0. The molecule has 2 rings (SSSR count). The van der Waals surface area contributed by atoms with Crippen molar-refractivity contribution in [3.8, 4) is 0 Å². The molecule has 0 aliphatic heterocycles. The van der Waals surface area contributed by atoms with Gasteiger partial charge in [0.2, 0.25) is 0 Å². The van der Waals surface area contributed by atoms with E-state index in [-0.39, 0.29) is 15.6 Å². The lowest BCUT2D eigenvalue weighted by molar-refractivity contribution is 0.600. The van der Waals surface area contributed by atoms with Crippen molar-refractivity contribution in [2.75, 3.05) is 4.72 Å². The summed E-state index contributed by atoms with van der Waals surface area (Å²) in [6.07, 6.45) is 0. The zero-order valence-electron chi connectivity index (χ0n) is 9.70. The maximum atomic E-state index is 12.4. The van der Waals surface area contributed by atoms with Crippen molar-refractivity contribution in [2.24, 2.45) is 0 Å². The highest BCUT2D eigenvalue weighted by atomic mass is 79.9. The van der Waals surface area contributed by atoms with Crippen LogP contribution in [0.5, 0.6) is 0 Å². The summed E-state index contributed by atoms with van der Waals surface area (Å²) < 4.78 is 28.3. The summed E-state index contributed by atoms with van der Waals surface area (Å²) in [4.78, 5) is 0.109. The predicted molar refractivity (Wildman–Crippen MR) is 89.1 cm³/mol. The molecular formula is C12H7Br2Cl2NO2S. The maximum absolute atomic E-state index is 12.4. The first-order valence-corrected chi connectivity index (χ1v) is 9.05. The fourth-order valence-electron chi connectivity index (χ4n) is 1.46. The van der Waals surface area contributed by atoms with Gasteiger partial charge in [0.15, 0.2) is 0 Å². The lowest BCUT2D eigenvalue weighted by atomic mass is 10.3. The minimum absolute atomic E-state index is 0.109. The Hall–Kier alpha value is -0.270. The zero-order chi connectivity index (χ0) is 14.9. The molecule has 0 saturated heterocycles. The molecule has 106 valence electrons. The van der Waals surface area contributed by atoms with Crippen LogP contribution in [0.3, 0.4) is 0 Å². The standard InChI is InChI=1S/C12H7Br2Cl2NO2S/c13-7-1-3-9(14)12(5-7)20(18,19)17-11-4-2-8(15)6-10(11)16/h1-6,17H. The van der Waals surface area contributed by atoms with Crippen molar-refractivity contribution in [1.82, 2.24) is 0 Å². The van der Waals surface area contributed by atoms with Crippen LogP contribution in [0.4, 0.5) is 5.69 Å². The Morgan fingerprint density at radius 3 is 2.35 bits per heavy atom. The van der Waals surface area contributed by atoms with Crippen LogP contribution in [0.1, 0.15) is 0 Å². The fourth-order valence-corrected chi connectivity index (χ4v) is 4.55. The van der Waals surface area contributed by atoms with E-state index in [9.17, 15) is 8.42 Å². The minimum atomic E-state index is -3.76. The molecule has 0 saturated carbocycles. The highest BCUT2D eigenvalue weighted by molar-refractivity contribution is 9.11. The summed E-state index contributed by atoms with van der Waals surface area (Å²) >= 11 is 18.2. The van der Waals surface area contributed by atoms with Crippen molar-refractivity contribution in [3.63, 3.8) is 0 Å². The molecule has 1 N–H and O–H groups in total. The van der Waals surface area contributed by atoms with Crippen molar-refractivity contribution >= 4 is 70.8 Å². The number of sulfonamides is 1. The molecule has 0 fully saturated rings. The minimum Gasteiger partial charge on any atom is -0.278 e. The average molecular weight is 460 g/mol. The lowest BCUT2D eigenvalue weighted by Crippen LogP contribution is -2.13. The highest BCUT2D eigenvalue weighted by Crippen LogP contribution is 2.30. The summed E-state index contributed by atoms with van der Waals surface area (Å²) in [6, 6.07) is 9.41. The molecule has 0 amide bonds. The average Bonchev–Trinajstić information content (AvgIpc) is 2.35. The van der Waals surface area contributed by atoms with Gasteiger partial charge in [0.25, 0.3) is 10.0 Å². The Morgan fingerprint density at radius 2 is 1.70 bits per heavy atom. The zero-order valence-corrected chi connectivity index (χ0v) is 15.2.